The summed E-state index contributed by atoms with van der Waals surface area (Å²) in [4.78, 5) is 10.9. The molecule has 1 aromatic carbocycles. The predicted molar refractivity (Wildman–Crippen MR) is 57.9 cm³/mol. The summed E-state index contributed by atoms with van der Waals surface area (Å²) in [5.74, 6) is -1.11. The van der Waals surface area contributed by atoms with Crippen molar-refractivity contribution in [3.63, 3.8) is 0 Å². The number of aliphatic carboxylic acids is 1. The Morgan fingerprint density at radius 1 is 1.53 bits per heavy atom. The Morgan fingerprint density at radius 2 is 2.13 bits per heavy atom. The first-order chi connectivity index (χ1) is 7.10. The third kappa shape index (κ3) is 1.62. The lowest BCUT2D eigenvalue weighted by atomic mass is 9.93. The van der Waals surface area contributed by atoms with E-state index < -0.39 is 5.97 Å². The van der Waals surface area contributed by atoms with Gasteiger partial charge in [-0.15, -0.1) is 0 Å². The number of halogens is 1. The lowest BCUT2D eigenvalue weighted by Crippen LogP contribution is -2.24. The molecule has 0 spiro atoms. The lowest BCUT2D eigenvalue weighted by Gasteiger charge is -2.14. The van der Waals surface area contributed by atoms with Gasteiger partial charge in [0.05, 0.1) is 5.92 Å². The van der Waals surface area contributed by atoms with Gasteiger partial charge in [0.25, 0.3) is 0 Å². The Morgan fingerprint density at radius 3 is 2.53 bits per heavy atom. The first-order valence-corrected chi connectivity index (χ1v) is 5.17. The molecule has 0 aromatic heterocycles. The maximum absolute atomic E-state index is 10.9. The first-order valence-electron chi connectivity index (χ1n) is 4.79. The largest absolute Gasteiger partial charge is 0.481 e. The highest BCUT2D eigenvalue weighted by atomic mass is 35.5. The predicted octanol–water partition coefficient (Wildman–Crippen LogP) is 1.64. The van der Waals surface area contributed by atoms with Crippen molar-refractivity contribution in [2.45, 2.75) is 11.8 Å². The molecule has 0 heterocycles. The number of hydrogen-bond acceptors (Lipinski definition) is 2. The van der Waals surface area contributed by atoms with E-state index in [0.717, 1.165) is 5.56 Å². The first kappa shape index (κ1) is 10.5. The van der Waals surface area contributed by atoms with E-state index in [-0.39, 0.29) is 11.3 Å². The fourth-order valence-corrected chi connectivity index (χ4v) is 2.20. The number of hydrogen-bond donors (Lipinski definition) is 2. The van der Waals surface area contributed by atoms with Crippen LogP contribution in [0.15, 0.2) is 24.3 Å². The molecule has 0 unspecified atom stereocenters. The number of nitrogens with two attached hydrogens (primary N) is 1. The van der Waals surface area contributed by atoms with Gasteiger partial charge in [0.1, 0.15) is 0 Å². The molecule has 0 radical (unpaired) electrons. The summed E-state index contributed by atoms with van der Waals surface area (Å²) < 4.78 is 0. The average Bonchev–Trinajstić information content (AvgIpc) is 2.95. The zero-order valence-corrected chi connectivity index (χ0v) is 8.87. The molecule has 4 heteroatoms. The summed E-state index contributed by atoms with van der Waals surface area (Å²) in [6.45, 7) is 0.367. The van der Waals surface area contributed by atoms with Crippen LogP contribution in [0.4, 0.5) is 0 Å². The second kappa shape index (κ2) is 3.51. The molecule has 0 saturated heterocycles. The van der Waals surface area contributed by atoms with Crippen LogP contribution in [0.1, 0.15) is 12.0 Å². The van der Waals surface area contributed by atoms with E-state index in [9.17, 15) is 4.79 Å². The third-order valence-corrected chi connectivity index (χ3v) is 3.41. The van der Waals surface area contributed by atoms with Crippen LogP contribution in [-0.2, 0) is 10.2 Å². The minimum Gasteiger partial charge on any atom is -0.481 e. The zero-order chi connectivity index (χ0) is 11.1. The van der Waals surface area contributed by atoms with Crippen LogP contribution >= 0.6 is 11.6 Å². The van der Waals surface area contributed by atoms with Gasteiger partial charge in [0.2, 0.25) is 0 Å². The normalized spacial score (nSPS) is 28.8. The highest BCUT2D eigenvalue weighted by Crippen LogP contribution is 2.53. The Hall–Kier alpha value is -1.06. The molecule has 15 heavy (non-hydrogen) atoms. The van der Waals surface area contributed by atoms with Crippen molar-refractivity contribution in [2.24, 2.45) is 11.7 Å². The van der Waals surface area contributed by atoms with Gasteiger partial charge in [-0.3, -0.25) is 4.79 Å². The summed E-state index contributed by atoms with van der Waals surface area (Å²) in [5.41, 5.74) is 6.28. The van der Waals surface area contributed by atoms with E-state index in [1.807, 2.05) is 12.1 Å². The smallest absolute Gasteiger partial charge is 0.307 e. The molecule has 0 bridgehead atoms. The van der Waals surface area contributed by atoms with E-state index in [1.165, 1.54) is 0 Å². The van der Waals surface area contributed by atoms with Crippen LogP contribution in [0.5, 0.6) is 0 Å². The minimum absolute atomic E-state index is 0.344. The van der Waals surface area contributed by atoms with Crippen molar-refractivity contribution in [1.82, 2.24) is 0 Å². The molecular formula is C11H12ClNO2. The Bertz CT molecular complexity index is 390. The fourth-order valence-electron chi connectivity index (χ4n) is 2.07. The number of rotatable bonds is 3. The summed E-state index contributed by atoms with van der Waals surface area (Å²) in [6.07, 6.45) is 0.625. The molecule has 1 aliphatic carbocycles. The van der Waals surface area contributed by atoms with Crippen LogP contribution < -0.4 is 5.73 Å². The van der Waals surface area contributed by atoms with Crippen molar-refractivity contribution in [2.75, 3.05) is 6.54 Å². The number of benzene rings is 1. The molecule has 0 aliphatic heterocycles. The Labute approximate surface area is 92.8 Å². The van der Waals surface area contributed by atoms with Gasteiger partial charge in [-0.2, -0.15) is 0 Å². The minimum atomic E-state index is -0.768. The number of carboxylic acid groups (broad SMARTS) is 1. The fraction of sp³-hybridized carbons (Fsp3) is 0.364. The van der Waals surface area contributed by atoms with Crippen molar-refractivity contribution in [3.8, 4) is 0 Å². The third-order valence-electron chi connectivity index (χ3n) is 3.16. The maximum Gasteiger partial charge on any atom is 0.307 e. The summed E-state index contributed by atoms with van der Waals surface area (Å²) >= 11 is 5.78. The molecule has 80 valence electrons. The molecule has 1 fully saturated rings. The molecule has 2 atom stereocenters. The van der Waals surface area contributed by atoms with Gasteiger partial charge >= 0.3 is 5.97 Å². The SMILES string of the molecule is NC[C@@]1(c2ccc(Cl)cc2)C[C@@H]1C(=O)O. The van der Waals surface area contributed by atoms with Crippen LogP contribution in [0.3, 0.4) is 0 Å². The maximum atomic E-state index is 10.9. The Balaban J connectivity index is 2.30. The van der Waals surface area contributed by atoms with Crippen LogP contribution in [0.2, 0.25) is 5.02 Å². The van der Waals surface area contributed by atoms with Crippen molar-refractivity contribution in [1.29, 1.82) is 0 Å². The van der Waals surface area contributed by atoms with Gasteiger partial charge in [-0.25, -0.2) is 0 Å². The van der Waals surface area contributed by atoms with E-state index >= 15 is 0 Å². The molecule has 3 nitrogen and oxygen atoms in total. The van der Waals surface area contributed by atoms with Gasteiger partial charge in [-0.05, 0) is 24.1 Å². The highest BCUT2D eigenvalue weighted by molar-refractivity contribution is 6.30. The van der Waals surface area contributed by atoms with Crippen molar-refractivity contribution < 1.29 is 9.90 Å². The van der Waals surface area contributed by atoms with E-state index in [4.69, 9.17) is 22.4 Å². The van der Waals surface area contributed by atoms with E-state index in [2.05, 4.69) is 0 Å². The van der Waals surface area contributed by atoms with Crippen molar-refractivity contribution in [3.05, 3.63) is 34.9 Å². The molecule has 3 N–H and O–H groups in total. The number of carboxylic acids is 1. The summed E-state index contributed by atoms with van der Waals surface area (Å²) in [5, 5.41) is 9.61. The zero-order valence-electron chi connectivity index (χ0n) is 8.11. The Kier molecular flexibility index (Phi) is 2.44. The van der Waals surface area contributed by atoms with Crippen molar-refractivity contribution >= 4 is 17.6 Å². The van der Waals surface area contributed by atoms with E-state index in [1.54, 1.807) is 12.1 Å². The van der Waals surface area contributed by atoms with Gasteiger partial charge in [0, 0.05) is 17.0 Å². The molecular weight excluding hydrogens is 214 g/mol. The monoisotopic (exact) mass is 225 g/mol. The lowest BCUT2D eigenvalue weighted by molar-refractivity contribution is -0.139. The van der Waals surface area contributed by atoms with Crippen LogP contribution in [-0.4, -0.2) is 17.6 Å². The summed E-state index contributed by atoms with van der Waals surface area (Å²) in [6, 6.07) is 7.26. The van der Waals surface area contributed by atoms with Crippen LogP contribution in [0.25, 0.3) is 0 Å². The summed E-state index contributed by atoms with van der Waals surface area (Å²) in [7, 11) is 0. The highest BCUT2D eigenvalue weighted by Gasteiger charge is 2.58. The quantitative estimate of drug-likeness (QED) is 0.822. The topological polar surface area (TPSA) is 63.3 Å². The molecule has 1 saturated carbocycles. The van der Waals surface area contributed by atoms with Crippen LogP contribution in [0, 0.1) is 5.92 Å². The molecule has 0 amide bonds. The second-order valence-corrected chi connectivity index (χ2v) is 4.40. The standard InChI is InChI=1S/C11H12ClNO2/c12-8-3-1-7(2-4-8)11(6-13)5-9(11)10(14)15/h1-4,9H,5-6,13H2,(H,14,15)/t9-,11-/m1/s1. The van der Waals surface area contributed by atoms with Gasteiger partial charge < -0.3 is 10.8 Å². The molecule has 1 aromatic rings. The van der Waals surface area contributed by atoms with Gasteiger partial charge in [0.15, 0.2) is 0 Å². The molecule has 2 rings (SSSR count). The average molecular weight is 226 g/mol. The molecule has 1 aliphatic rings. The van der Waals surface area contributed by atoms with E-state index in [0.29, 0.717) is 18.0 Å². The van der Waals surface area contributed by atoms with Gasteiger partial charge in [-0.1, -0.05) is 23.7 Å². The number of carbonyl (C=O) groups is 1. The second-order valence-electron chi connectivity index (χ2n) is 3.96.